The van der Waals surface area contributed by atoms with E-state index in [1.165, 1.54) is 25.7 Å². The van der Waals surface area contributed by atoms with E-state index >= 15 is 0 Å². The molecule has 1 nitrogen and oxygen atoms in total. The van der Waals surface area contributed by atoms with Crippen molar-refractivity contribution in [2.45, 2.75) is 45.6 Å². The van der Waals surface area contributed by atoms with Gasteiger partial charge in [-0.15, -0.1) is 0 Å². The van der Waals surface area contributed by atoms with Crippen molar-refractivity contribution in [1.29, 1.82) is 0 Å². The first kappa shape index (κ1) is 8.06. The Kier molecular flexibility index (Phi) is 3.20. The number of ether oxygens (including phenoxy) is 1. The Balaban J connectivity index is 2.27. The van der Waals surface area contributed by atoms with Crippen molar-refractivity contribution in [1.82, 2.24) is 0 Å². The molecule has 1 aliphatic heterocycles. The molecule has 1 rings (SSSR count). The van der Waals surface area contributed by atoms with Gasteiger partial charge in [-0.25, -0.2) is 0 Å². The van der Waals surface area contributed by atoms with Crippen molar-refractivity contribution >= 4 is 0 Å². The maximum Gasteiger partial charge on any atom is 0.0603 e. The maximum absolute atomic E-state index is 5.60. The van der Waals surface area contributed by atoms with Crippen molar-refractivity contribution < 1.29 is 4.74 Å². The molecule has 0 radical (unpaired) electrons. The Labute approximate surface area is 63.8 Å². The molecule has 0 aliphatic carbocycles. The highest BCUT2D eigenvalue weighted by atomic mass is 16.5. The van der Waals surface area contributed by atoms with Gasteiger partial charge in [0, 0.05) is 6.61 Å². The molecule has 0 spiro atoms. The first-order valence-electron chi connectivity index (χ1n) is 4.50. The van der Waals surface area contributed by atoms with Gasteiger partial charge in [-0.2, -0.15) is 0 Å². The lowest BCUT2D eigenvalue weighted by Crippen LogP contribution is -2.14. The first-order chi connectivity index (χ1) is 4.88. The topological polar surface area (TPSA) is 9.23 Å². The predicted molar refractivity (Wildman–Crippen MR) is 43.0 cm³/mol. The summed E-state index contributed by atoms with van der Waals surface area (Å²) in [5.74, 6) is 0.861. The fourth-order valence-corrected chi connectivity index (χ4v) is 1.76. The van der Waals surface area contributed by atoms with Gasteiger partial charge in [-0.05, 0) is 18.8 Å². The van der Waals surface area contributed by atoms with Crippen LogP contribution in [0, 0.1) is 5.92 Å². The second-order valence-electron chi connectivity index (χ2n) is 3.15. The van der Waals surface area contributed by atoms with Crippen molar-refractivity contribution in [3.63, 3.8) is 0 Å². The molecule has 2 unspecified atom stereocenters. The number of hydrogen-bond donors (Lipinski definition) is 0. The molecule has 2 atom stereocenters. The zero-order valence-corrected chi connectivity index (χ0v) is 7.10. The lowest BCUT2D eigenvalue weighted by atomic mass is 9.96. The molecule has 1 fully saturated rings. The third kappa shape index (κ3) is 1.72. The van der Waals surface area contributed by atoms with Gasteiger partial charge >= 0.3 is 0 Å². The molecule has 0 N–H and O–H groups in total. The fraction of sp³-hybridized carbons (Fsp3) is 1.00. The number of rotatable bonds is 3. The highest BCUT2D eigenvalue weighted by Crippen LogP contribution is 2.26. The molecule has 1 heterocycles. The second kappa shape index (κ2) is 3.97. The van der Waals surface area contributed by atoms with Crippen LogP contribution >= 0.6 is 0 Å². The third-order valence-electron chi connectivity index (χ3n) is 2.44. The zero-order chi connectivity index (χ0) is 7.40. The molecule has 0 aromatic carbocycles. The summed E-state index contributed by atoms with van der Waals surface area (Å²) in [6.07, 6.45) is 5.71. The van der Waals surface area contributed by atoms with Gasteiger partial charge in [0.25, 0.3) is 0 Å². The molecule has 0 aromatic rings. The molecule has 0 aromatic heterocycles. The highest BCUT2D eigenvalue weighted by molar-refractivity contribution is 4.74. The Hall–Kier alpha value is -0.0400. The van der Waals surface area contributed by atoms with Crippen LogP contribution < -0.4 is 0 Å². The van der Waals surface area contributed by atoms with E-state index in [9.17, 15) is 0 Å². The number of hydrogen-bond acceptors (Lipinski definition) is 1. The van der Waals surface area contributed by atoms with Crippen LogP contribution in [0.4, 0.5) is 0 Å². The standard InChI is InChI=1S/C9H18O/c1-3-5-9-8(4-2)6-7-10-9/h8-9H,3-7H2,1-2H3. The van der Waals surface area contributed by atoms with Gasteiger partial charge in [0.15, 0.2) is 0 Å². The summed E-state index contributed by atoms with van der Waals surface area (Å²) in [4.78, 5) is 0. The minimum atomic E-state index is 0.593. The van der Waals surface area contributed by atoms with E-state index in [1.54, 1.807) is 0 Å². The summed E-state index contributed by atoms with van der Waals surface area (Å²) >= 11 is 0. The van der Waals surface area contributed by atoms with E-state index in [-0.39, 0.29) is 0 Å². The molecular formula is C9H18O. The van der Waals surface area contributed by atoms with Gasteiger partial charge in [0.05, 0.1) is 6.10 Å². The Bertz CT molecular complexity index is 90.7. The van der Waals surface area contributed by atoms with Crippen LogP contribution in [0.15, 0.2) is 0 Å². The molecule has 0 bridgehead atoms. The Morgan fingerprint density at radius 1 is 1.40 bits per heavy atom. The fourth-order valence-electron chi connectivity index (χ4n) is 1.76. The summed E-state index contributed by atoms with van der Waals surface area (Å²) in [7, 11) is 0. The molecule has 10 heavy (non-hydrogen) atoms. The highest BCUT2D eigenvalue weighted by Gasteiger charge is 2.25. The van der Waals surface area contributed by atoms with E-state index in [1.807, 2.05) is 0 Å². The normalized spacial score (nSPS) is 33.0. The zero-order valence-electron chi connectivity index (χ0n) is 7.10. The van der Waals surface area contributed by atoms with Crippen molar-refractivity contribution in [3.05, 3.63) is 0 Å². The van der Waals surface area contributed by atoms with Gasteiger partial charge < -0.3 is 4.74 Å². The summed E-state index contributed by atoms with van der Waals surface area (Å²) in [6.45, 7) is 5.50. The van der Waals surface area contributed by atoms with E-state index in [2.05, 4.69) is 13.8 Å². The van der Waals surface area contributed by atoms with E-state index in [0.29, 0.717) is 6.10 Å². The summed E-state index contributed by atoms with van der Waals surface area (Å²) in [6, 6.07) is 0. The summed E-state index contributed by atoms with van der Waals surface area (Å²) < 4.78 is 5.60. The van der Waals surface area contributed by atoms with Gasteiger partial charge in [0.1, 0.15) is 0 Å². The Morgan fingerprint density at radius 2 is 2.20 bits per heavy atom. The van der Waals surface area contributed by atoms with Crippen molar-refractivity contribution in [2.24, 2.45) is 5.92 Å². The van der Waals surface area contributed by atoms with E-state index < -0.39 is 0 Å². The lowest BCUT2D eigenvalue weighted by molar-refractivity contribution is 0.0820. The first-order valence-corrected chi connectivity index (χ1v) is 4.50. The molecule has 60 valence electrons. The van der Waals surface area contributed by atoms with Crippen LogP contribution in [0.25, 0.3) is 0 Å². The van der Waals surface area contributed by atoms with Gasteiger partial charge in [-0.1, -0.05) is 26.7 Å². The van der Waals surface area contributed by atoms with Gasteiger partial charge in [-0.3, -0.25) is 0 Å². The van der Waals surface area contributed by atoms with Crippen LogP contribution in [-0.2, 0) is 4.74 Å². The average Bonchev–Trinajstić information content (AvgIpc) is 2.36. The van der Waals surface area contributed by atoms with Crippen molar-refractivity contribution in [3.8, 4) is 0 Å². The monoisotopic (exact) mass is 142 g/mol. The molecule has 1 heteroatoms. The van der Waals surface area contributed by atoms with Crippen molar-refractivity contribution in [2.75, 3.05) is 6.61 Å². The second-order valence-corrected chi connectivity index (χ2v) is 3.15. The minimum absolute atomic E-state index is 0.593. The van der Waals surface area contributed by atoms with E-state index in [0.717, 1.165) is 12.5 Å². The third-order valence-corrected chi connectivity index (χ3v) is 2.44. The SMILES string of the molecule is CCCC1OCCC1CC. The lowest BCUT2D eigenvalue weighted by Gasteiger charge is -2.14. The van der Waals surface area contributed by atoms with Crippen LogP contribution in [0.5, 0.6) is 0 Å². The average molecular weight is 142 g/mol. The van der Waals surface area contributed by atoms with Crippen LogP contribution in [-0.4, -0.2) is 12.7 Å². The van der Waals surface area contributed by atoms with Crippen LogP contribution in [0.1, 0.15) is 39.5 Å². The predicted octanol–water partition coefficient (Wildman–Crippen LogP) is 2.60. The molecular weight excluding hydrogens is 124 g/mol. The maximum atomic E-state index is 5.60. The minimum Gasteiger partial charge on any atom is -0.378 e. The molecule has 0 amide bonds. The quantitative estimate of drug-likeness (QED) is 0.588. The van der Waals surface area contributed by atoms with Crippen LogP contribution in [0.2, 0.25) is 0 Å². The summed E-state index contributed by atoms with van der Waals surface area (Å²) in [5, 5.41) is 0. The molecule has 1 saturated heterocycles. The summed E-state index contributed by atoms with van der Waals surface area (Å²) in [5.41, 5.74) is 0. The van der Waals surface area contributed by atoms with E-state index in [4.69, 9.17) is 4.74 Å². The smallest absolute Gasteiger partial charge is 0.0603 e. The van der Waals surface area contributed by atoms with Gasteiger partial charge in [0.2, 0.25) is 0 Å². The largest absolute Gasteiger partial charge is 0.378 e. The Morgan fingerprint density at radius 3 is 2.80 bits per heavy atom. The molecule has 0 saturated carbocycles. The van der Waals surface area contributed by atoms with Crippen LogP contribution in [0.3, 0.4) is 0 Å². The molecule has 1 aliphatic rings.